The van der Waals surface area contributed by atoms with Gasteiger partial charge in [-0.2, -0.15) is 5.26 Å². The molecule has 0 aliphatic heterocycles. The Morgan fingerprint density at radius 1 is 0.448 bits per heavy atom. The minimum absolute atomic E-state index is 0.425. The first-order valence-corrected chi connectivity index (χ1v) is 19.3. The number of nitrogens with zero attached hydrogens (tertiary/aromatic N) is 4. The molecule has 0 N–H and O–H groups in total. The van der Waals surface area contributed by atoms with Gasteiger partial charge in [0.05, 0.1) is 33.5 Å². The zero-order chi connectivity index (χ0) is 38.6. The molecule has 0 aliphatic rings. The lowest BCUT2D eigenvalue weighted by molar-refractivity contribution is 0.673. The normalized spacial score (nSPS) is 11.4. The van der Waals surface area contributed by atoms with Gasteiger partial charge in [0.25, 0.3) is 0 Å². The Labute approximate surface area is 334 Å². The highest BCUT2D eigenvalue weighted by Crippen LogP contribution is 2.46. The van der Waals surface area contributed by atoms with E-state index in [1.165, 1.54) is 0 Å². The van der Waals surface area contributed by atoms with Crippen molar-refractivity contribution in [1.82, 2.24) is 14.5 Å². The van der Waals surface area contributed by atoms with Crippen molar-refractivity contribution in [2.75, 3.05) is 0 Å². The highest BCUT2D eigenvalue weighted by molar-refractivity contribution is 6.24. The van der Waals surface area contributed by atoms with Crippen LogP contribution in [0.25, 0.3) is 106 Å². The number of rotatable bonds is 6. The molecule has 0 radical (unpaired) electrons. The minimum atomic E-state index is 0.425. The maximum atomic E-state index is 10.8. The van der Waals surface area contributed by atoms with Crippen molar-refractivity contribution < 1.29 is 4.42 Å². The van der Waals surface area contributed by atoms with Crippen LogP contribution in [0.1, 0.15) is 5.56 Å². The Hall–Kier alpha value is -8.07. The van der Waals surface area contributed by atoms with Gasteiger partial charge in [-0.3, -0.25) is 0 Å². The number of hydrogen-bond donors (Lipinski definition) is 0. The molecule has 3 heterocycles. The van der Waals surface area contributed by atoms with Gasteiger partial charge in [-0.15, -0.1) is 0 Å². The third-order valence-electron chi connectivity index (χ3n) is 11.1. The number of furan rings is 1. The van der Waals surface area contributed by atoms with Gasteiger partial charge < -0.3 is 8.98 Å². The first-order valence-electron chi connectivity index (χ1n) is 19.3. The second-order valence-corrected chi connectivity index (χ2v) is 14.4. The standard InChI is InChI=1S/C53H32N4O/c54-33-44-49(36-21-9-3-10-22-36)55-53(56-50(44)37-23-11-4-12-24-37)43-32-38(34-17-5-1-6-18-34)31-42(35-19-7-2-8-20-35)51(43)57-45-27-15-13-26-41(45)48-46(57)30-29-40-39-25-14-16-28-47(39)58-52(40)48/h1-32H. The summed E-state index contributed by atoms with van der Waals surface area (Å²) in [5.41, 5.74) is 12.9. The molecule has 0 bridgehead atoms. The van der Waals surface area contributed by atoms with E-state index in [4.69, 9.17) is 14.4 Å². The summed E-state index contributed by atoms with van der Waals surface area (Å²) in [6.45, 7) is 0. The van der Waals surface area contributed by atoms with Crippen LogP contribution < -0.4 is 0 Å². The van der Waals surface area contributed by atoms with Crippen LogP contribution in [0.3, 0.4) is 0 Å². The summed E-state index contributed by atoms with van der Waals surface area (Å²) in [6, 6.07) is 69.0. The van der Waals surface area contributed by atoms with E-state index in [9.17, 15) is 5.26 Å². The molecule has 0 saturated heterocycles. The average Bonchev–Trinajstić information content (AvgIpc) is 3.85. The summed E-state index contributed by atoms with van der Waals surface area (Å²) in [5, 5.41) is 15.1. The zero-order valence-electron chi connectivity index (χ0n) is 31.2. The molecule has 0 saturated carbocycles. The van der Waals surface area contributed by atoms with Crippen molar-refractivity contribution in [3.63, 3.8) is 0 Å². The summed E-state index contributed by atoms with van der Waals surface area (Å²) in [4.78, 5) is 10.8. The van der Waals surface area contributed by atoms with Crippen molar-refractivity contribution in [3.05, 3.63) is 200 Å². The van der Waals surface area contributed by atoms with Crippen molar-refractivity contribution in [2.45, 2.75) is 0 Å². The lowest BCUT2D eigenvalue weighted by Gasteiger charge is -2.21. The highest BCUT2D eigenvalue weighted by Gasteiger charge is 2.27. The van der Waals surface area contributed by atoms with E-state index in [0.29, 0.717) is 22.8 Å². The lowest BCUT2D eigenvalue weighted by atomic mass is 9.92. The van der Waals surface area contributed by atoms with Crippen LogP contribution in [0.15, 0.2) is 199 Å². The SMILES string of the molecule is N#Cc1c(-c2ccccc2)nc(-c2cc(-c3ccccc3)cc(-c3ccccc3)c2-n2c3ccccc3c3c4oc5ccccc5c4ccc32)nc1-c1ccccc1. The predicted molar refractivity (Wildman–Crippen MR) is 236 cm³/mol. The minimum Gasteiger partial charge on any atom is -0.455 e. The van der Waals surface area contributed by atoms with E-state index >= 15 is 0 Å². The number of nitriles is 1. The molecule has 0 spiro atoms. The third kappa shape index (κ3) is 5.31. The van der Waals surface area contributed by atoms with E-state index < -0.39 is 0 Å². The van der Waals surface area contributed by atoms with Gasteiger partial charge in [-0.1, -0.05) is 158 Å². The van der Waals surface area contributed by atoms with Crippen LogP contribution in [-0.4, -0.2) is 14.5 Å². The third-order valence-corrected chi connectivity index (χ3v) is 11.1. The summed E-state index contributed by atoms with van der Waals surface area (Å²) in [7, 11) is 0. The fourth-order valence-corrected chi connectivity index (χ4v) is 8.45. The smallest absolute Gasteiger partial charge is 0.162 e. The highest BCUT2D eigenvalue weighted by atomic mass is 16.3. The molecule has 0 unspecified atom stereocenters. The molecule has 8 aromatic carbocycles. The van der Waals surface area contributed by atoms with Gasteiger partial charge in [-0.25, -0.2) is 9.97 Å². The Bertz CT molecular complexity index is 3320. The maximum Gasteiger partial charge on any atom is 0.162 e. The molecule has 0 atom stereocenters. The van der Waals surface area contributed by atoms with Gasteiger partial charge in [0.15, 0.2) is 5.82 Å². The van der Waals surface area contributed by atoms with Crippen molar-refractivity contribution in [3.8, 4) is 67.9 Å². The molecule has 0 amide bonds. The molecule has 5 heteroatoms. The Morgan fingerprint density at radius 2 is 0.983 bits per heavy atom. The molecule has 0 fully saturated rings. The number of para-hydroxylation sites is 2. The molecular formula is C53H32N4O. The summed E-state index contributed by atoms with van der Waals surface area (Å²) in [5.74, 6) is 0.511. The molecule has 5 nitrogen and oxygen atoms in total. The van der Waals surface area contributed by atoms with Crippen molar-refractivity contribution in [2.24, 2.45) is 0 Å². The van der Waals surface area contributed by atoms with Crippen molar-refractivity contribution >= 4 is 43.7 Å². The molecular weight excluding hydrogens is 709 g/mol. The predicted octanol–water partition coefficient (Wildman–Crippen LogP) is 13.7. The number of hydrogen-bond acceptors (Lipinski definition) is 4. The topological polar surface area (TPSA) is 67.6 Å². The van der Waals surface area contributed by atoms with Gasteiger partial charge in [-0.05, 0) is 53.1 Å². The Kier molecular flexibility index (Phi) is 7.80. The molecule has 58 heavy (non-hydrogen) atoms. The summed E-state index contributed by atoms with van der Waals surface area (Å²) in [6.07, 6.45) is 0. The van der Waals surface area contributed by atoms with Gasteiger partial charge in [0.1, 0.15) is 22.8 Å². The van der Waals surface area contributed by atoms with Crippen LogP contribution >= 0.6 is 0 Å². The maximum absolute atomic E-state index is 10.8. The zero-order valence-corrected chi connectivity index (χ0v) is 31.2. The van der Waals surface area contributed by atoms with Gasteiger partial charge >= 0.3 is 0 Å². The summed E-state index contributed by atoms with van der Waals surface area (Å²) >= 11 is 0. The fourth-order valence-electron chi connectivity index (χ4n) is 8.45. The Morgan fingerprint density at radius 3 is 1.62 bits per heavy atom. The molecule has 0 aliphatic carbocycles. The van der Waals surface area contributed by atoms with Crippen LogP contribution in [0.2, 0.25) is 0 Å². The van der Waals surface area contributed by atoms with Crippen LogP contribution in [0, 0.1) is 11.3 Å². The van der Waals surface area contributed by atoms with Crippen LogP contribution in [0.4, 0.5) is 0 Å². The van der Waals surface area contributed by atoms with E-state index in [1.807, 2.05) is 84.9 Å². The number of fused-ring (bicyclic) bond motifs is 7. The second-order valence-electron chi connectivity index (χ2n) is 14.4. The van der Waals surface area contributed by atoms with E-state index in [2.05, 4.69) is 120 Å². The monoisotopic (exact) mass is 740 g/mol. The van der Waals surface area contributed by atoms with Crippen LogP contribution in [0.5, 0.6) is 0 Å². The van der Waals surface area contributed by atoms with E-state index in [1.54, 1.807) is 0 Å². The second kappa shape index (κ2) is 13.6. The molecule has 11 aromatic rings. The van der Waals surface area contributed by atoms with Gasteiger partial charge in [0.2, 0.25) is 0 Å². The average molecular weight is 741 g/mol. The quantitative estimate of drug-likeness (QED) is 0.170. The largest absolute Gasteiger partial charge is 0.455 e. The van der Waals surface area contributed by atoms with E-state index in [0.717, 1.165) is 88.4 Å². The Balaban J connectivity index is 1.33. The summed E-state index contributed by atoms with van der Waals surface area (Å²) < 4.78 is 9.07. The number of aromatic nitrogens is 3. The molecule has 270 valence electrons. The first-order chi connectivity index (χ1) is 28.7. The van der Waals surface area contributed by atoms with Gasteiger partial charge in [0, 0.05) is 38.4 Å². The molecule has 3 aromatic heterocycles. The molecule has 11 rings (SSSR count). The first kappa shape index (κ1) is 33.3. The van der Waals surface area contributed by atoms with Crippen LogP contribution in [-0.2, 0) is 0 Å². The van der Waals surface area contributed by atoms with E-state index in [-0.39, 0.29) is 0 Å². The number of benzene rings is 8. The van der Waals surface area contributed by atoms with Crippen molar-refractivity contribution in [1.29, 1.82) is 5.26 Å². The fraction of sp³-hybridized carbons (Fsp3) is 0. The lowest BCUT2D eigenvalue weighted by Crippen LogP contribution is -2.06.